The Morgan fingerprint density at radius 2 is 2.20 bits per heavy atom. The molecule has 0 aliphatic carbocycles. The number of benzene rings is 1. The van der Waals surface area contributed by atoms with Crippen molar-refractivity contribution in [2.75, 3.05) is 0 Å². The van der Waals surface area contributed by atoms with Crippen molar-refractivity contribution in [2.24, 2.45) is 5.73 Å². The average Bonchev–Trinajstić information content (AvgIpc) is 2.21. The molecule has 0 aliphatic rings. The van der Waals surface area contributed by atoms with Gasteiger partial charge in [0, 0.05) is 6.42 Å². The van der Waals surface area contributed by atoms with Crippen LogP contribution in [0.3, 0.4) is 0 Å². The molecule has 0 saturated carbocycles. The van der Waals surface area contributed by atoms with Crippen molar-refractivity contribution in [3.63, 3.8) is 0 Å². The van der Waals surface area contributed by atoms with Gasteiger partial charge in [0.05, 0.1) is 11.6 Å². The molecule has 0 bridgehead atoms. The lowest BCUT2D eigenvalue weighted by Gasteiger charge is -2.07. The van der Waals surface area contributed by atoms with Crippen LogP contribution in [-0.4, -0.2) is 11.8 Å². The van der Waals surface area contributed by atoms with E-state index < -0.39 is 23.5 Å². The highest BCUT2D eigenvalue weighted by atomic mass is 19.1. The fraction of sp³-hybridized carbons (Fsp3) is 0.182. The SMILES string of the molecule is C#CCC(N)C(=O)c1cc(F)ccc1F. The Balaban J connectivity index is 3.01. The maximum atomic E-state index is 13.1. The lowest BCUT2D eigenvalue weighted by atomic mass is 10.0. The van der Waals surface area contributed by atoms with Crippen molar-refractivity contribution < 1.29 is 13.6 Å². The van der Waals surface area contributed by atoms with Gasteiger partial charge in [0.15, 0.2) is 5.78 Å². The van der Waals surface area contributed by atoms with Crippen LogP contribution < -0.4 is 5.73 Å². The molecule has 1 rings (SSSR count). The van der Waals surface area contributed by atoms with Crippen LogP contribution in [0.1, 0.15) is 16.8 Å². The number of hydrogen-bond donors (Lipinski definition) is 1. The van der Waals surface area contributed by atoms with Crippen molar-refractivity contribution in [2.45, 2.75) is 12.5 Å². The Hall–Kier alpha value is -1.73. The lowest BCUT2D eigenvalue weighted by molar-refractivity contribution is 0.0958. The molecule has 0 aromatic heterocycles. The van der Waals surface area contributed by atoms with Gasteiger partial charge in [-0.15, -0.1) is 12.3 Å². The number of carbonyl (C=O) groups excluding carboxylic acids is 1. The van der Waals surface area contributed by atoms with E-state index in [9.17, 15) is 13.6 Å². The molecule has 2 nitrogen and oxygen atoms in total. The van der Waals surface area contributed by atoms with Gasteiger partial charge in [0.1, 0.15) is 11.6 Å². The number of carbonyl (C=O) groups is 1. The number of Topliss-reactive ketones (excluding diaryl/α,β-unsaturated/α-hetero) is 1. The average molecular weight is 209 g/mol. The molecule has 0 aliphatic heterocycles. The van der Waals surface area contributed by atoms with Crippen LogP contribution in [0.4, 0.5) is 8.78 Å². The van der Waals surface area contributed by atoms with E-state index in [0.29, 0.717) is 0 Å². The third kappa shape index (κ3) is 2.61. The van der Waals surface area contributed by atoms with Gasteiger partial charge in [-0.1, -0.05) is 0 Å². The standard InChI is InChI=1S/C11H9F2NO/c1-2-3-10(14)11(15)8-6-7(12)4-5-9(8)13/h1,4-6,10H,3,14H2. The molecule has 1 atom stereocenters. The number of nitrogens with two attached hydrogens (primary N) is 1. The molecule has 15 heavy (non-hydrogen) atoms. The van der Waals surface area contributed by atoms with E-state index in [4.69, 9.17) is 12.2 Å². The second kappa shape index (κ2) is 4.67. The Bertz CT molecular complexity index is 423. The second-order valence-electron chi connectivity index (χ2n) is 3.00. The highest BCUT2D eigenvalue weighted by Gasteiger charge is 2.18. The summed E-state index contributed by atoms with van der Waals surface area (Å²) in [4.78, 5) is 11.5. The van der Waals surface area contributed by atoms with E-state index in [-0.39, 0.29) is 12.0 Å². The fourth-order valence-corrected chi connectivity index (χ4v) is 1.11. The minimum absolute atomic E-state index is 0.00517. The number of hydrogen-bond acceptors (Lipinski definition) is 2. The fourth-order valence-electron chi connectivity index (χ4n) is 1.11. The predicted octanol–water partition coefficient (Wildman–Crippen LogP) is 1.50. The van der Waals surface area contributed by atoms with Crippen molar-refractivity contribution >= 4 is 5.78 Å². The Morgan fingerprint density at radius 1 is 1.53 bits per heavy atom. The molecule has 4 heteroatoms. The Kier molecular flexibility index (Phi) is 3.53. The zero-order valence-electron chi connectivity index (χ0n) is 7.84. The molecular formula is C11H9F2NO. The maximum Gasteiger partial charge on any atom is 0.183 e. The molecule has 1 unspecified atom stereocenters. The Labute approximate surface area is 86.1 Å². The molecule has 78 valence electrons. The van der Waals surface area contributed by atoms with Crippen LogP contribution in [0.15, 0.2) is 18.2 Å². The molecule has 2 N–H and O–H groups in total. The number of ketones is 1. The monoisotopic (exact) mass is 209 g/mol. The van der Waals surface area contributed by atoms with Gasteiger partial charge < -0.3 is 5.73 Å². The summed E-state index contributed by atoms with van der Waals surface area (Å²) in [5.74, 6) is 0.0156. The molecule has 0 radical (unpaired) electrons. The molecular weight excluding hydrogens is 200 g/mol. The first-order chi connectivity index (χ1) is 7.06. The summed E-state index contributed by atoms with van der Waals surface area (Å²) in [6.45, 7) is 0. The van der Waals surface area contributed by atoms with Crippen molar-refractivity contribution in [3.05, 3.63) is 35.4 Å². The van der Waals surface area contributed by atoms with Gasteiger partial charge in [0.25, 0.3) is 0 Å². The first-order valence-electron chi connectivity index (χ1n) is 4.24. The van der Waals surface area contributed by atoms with Crippen LogP contribution in [0.5, 0.6) is 0 Å². The summed E-state index contributed by atoms with van der Waals surface area (Å²) < 4.78 is 25.9. The summed E-state index contributed by atoms with van der Waals surface area (Å²) in [5.41, 5.74) is 5.03. The zero-order valence-corrected chi connectivity index (χ0v) is 7.84. The van der Waals surface area contributed by atoms with E-state index in [0.717, 1.165) is 18.2 Å². The quantitative estimate of drug-likeness (QED) is 0.605. The second-order valence-corrected chi connectivity index (χ2v) is 3.00. The molecule has 0 saturated heterocycles. The van der Waals surface area contributed by atoms with Gasteiger partial charge in [-0.3, -0.25) is 4.79 Å². The van der Waals surface area contributed by atoms with Crippen LogP contribution in [0.25, 0.3) is 0 Å². The topological polar surface area (TPSA) is 43.1 Å². The van der Waals surface area contributed by atoms with Crippen molar-refractivity contribution in [1.29, 1.82) is 0 Å². The lowest BCUT2D eigenvalue weighted by Crippen LogP contribution is -2.30. The van der Waals surface area contributed by atoms with E-state index in [1.165, 1.54) is 0 Å². The Morgan fingerprint density at radius 3 is 2.80 bits per heavy atom. The maximum absolute atomic E-state index is 13.1. The summed E-state index contributed by atoms with van der Waals surface area (Å²) in [5, 5.41) is 0. The van der Waals surface area contributed by atoms with Crippen LogP contribution in [-0.2, 0) is 0 Å². The summed E-state index contributed by atoms with van der Waals surface area (Å²) in [7, 11) is 0. The molecule has 0 amide bonds. The molecule has 1 aromatic carbocycles. The smallest absolute Gasteiger partial charge is 0.183 e. The summed E-state index contributed by atoms with van der Waals surface area (Å²) >= 11 is 0. The minimum atomic E-state index is -0.994. The van der Waals surface area contributed by atoms with E-state index in [1.807, 2.05) is 0 Å². The van der Waals surface area contributed by atoms with Gasteiger partial charge in [-0.05, 0) is 18.2 Å². The van der Waals surface area contributed by atoms with Crippen molar-refractivity contribution in [3.8, 4) is 12.3 Å². The largest absolute Gasteiger partial charge is 0.320 e. The molecule has 0 heterocycles. The van der Waals surface area contributed by atoms with Gasteiger partial charge in [0.2, 0.25) is 0 Å². The molecule has 0 spiro atoms. The minimum Gasteiger partial charge on any atom is -0.320 e. The van der Waals surface area contributed by atoms with Crippen LogP contribution in [0.2, 0.25) is 0 Å². The molecule has 1 aromatic rings. The van der Waals surface area contributed by atoms with Gasteiger partial charge in [-0.2, -0.15) is 0 Å². The summed E-state index contributed by atoms with van der Waals surface area (Å²) in [6.07, 6.45) is 4.96. The first-order valence-corrected chi connectivity index (χ1v) is 4.24. The first kappa shape index (κ1) is 11.3. The number of halogens is 2. The summed E-state index contributed by atoms with van der Waals surface area (Å²) in [6, 6.07) is 1.63. The van der Waals surface area contributed by atoms with E-state index >= 15 is 0 Å². The normalized spacial score (nSPS) is 11.9. The molecule has 0 fully saturated rings. The highest BCUT2D eigenvalue weighted by molar-refractivity contribution is 6.00. The van der Waals surface area contributed by atoms with Crippen LogP contribution >= 0.6 is 0 Å². The number of rotatable bonds is 3. The van der Waals surface area contributed by atoms with Gasteiger partial charge >= 0.3 is 0 Å². The van der Waals surface area contributed by atoms with E-state index in [2.05, 4.69) is 5.92 Å². The number of terminal acetylenes is 1. The zero-order chi connectivity index (χ0) is 11.4. The third-order valence-electron chi connectivity index (χ3n) is 1.87. The van der Waals surface area contributed by atoms with Gasteiger partial charge in [-0.25, -0.2) is 8.78 Å². The highest BCUT2D eigenvalue weighted by Crippen LogP contribution is 2.12. The third-order valence-corrected chi connectivity index (χ3v) is 1.87. The predicted molar refractivity (Wildman–Crippen MR) is 52.1 cm³/mol. The van der Waals surface area contributed by atoms with Crippen molar-refractivity contribution in [1.82, 2.24) is 0 Å². The van der Waals surface area contributed by atoms with Crippen LogP contribution in [0, 0.1) is 24.0 Å². The van der Waals surface area contributed by atoms with E-state index in [1.54, 1.807) is 0 Å².